The summed E-state index contributed by atoms with van der Waals surface area (Å²) in [5, 5.41) is 15.0. The first-order valence-corrected chi connectivity index (χ1v) is 44.6. The topological polar surface area (TPSA) is 55.4 Å². The fraction of sp³-hybridized carbons (Fsp3) is 0. The van der Waals surface area contributed by atoms with Crippen LogP contribution in [0.5, 0.6) is 0 Å². The lowest BCUT2D eigenvalue weighted by atomic mass is 9.93. The Morgan fingerprint density at radius 1 is 0.131 bits per heavy atom. The fourth-order valence-electron chi connectivity index (χ4n) is 21.3. The zero-order valence-electron chi connectivity index (χ0n) is 70.5. The number of para-hydroxylation sites is 8. The molecule has 8 nitrogen and oxygen atoms in total. The van der Waals surface area contributed by atoms with Gasteiger partial charge in [0.2, 0.25) is 5.95 Å². The van der Waals surface area contributed by atoms with Gasteiger partial charge in [0.05, 0.1) is 77.4 Å². The van der Waals surface area contributed by atoms with Gasteiger partial charge in [0.1, 0.15) is 0 Å². The molecule has 0 unspecified atom stereocenters. The normalized spacial score (nSPS) is 12.0. The Bertz CT molecular complexity index is 8920. The van der Waals surface area contributed by atoms with Crippen molar-refractivity contribution in [2.45, 2.75) is 0 Å². The molecule has 0 saturated heterocycles. The number of aromatic nitrogens is 8. The molecular formula is C122H76N8. The zero-order chi connectivity index (χ0) is 85.2. The van der Waals surface area contributed by atoms with Gasteiger partial charge < -0.3 is 22.8 Å². The van der Waals surface area contributed by atoms with Gasteiger partial charge in [0.25, 0.3) is 0 Å². The quantitative estimate of drug-likeness (QED) is 0.116. The molecule has 0 aliphatic heterocycles. The van der Waals surface area contributed by atoms with Crippen LogP contribution >= 0.6 is 0 Å². The van der Waals surface area contributed by atoms with Crippen molar-refractivity contribution in [1.29, 1.82) is 0 Å². The summed E-state index contributed by atoms with van der Waals surface area (Å²) in [4.78, 5) is 11.9. The molecule has 0 spiro atoms. The Hall–Kier alpha value is -17.5. The van der Waals surface area contributed by atoms with Crippen LogP contribution in [0.15, 0.2) is 461 Å². The molecule has 0 radical (unpaired) electrons. The second-order valence-electron chi connectivity index (χ2n) is 34.3. The van der Waals surface area contributed by atoms with Crippen molar-refractivity contribution < 1.29 is 0 Å². The molecule has 0 N–H and O–H groups in total. The van der Waals surface area contributed by atoms with E-state index in [1.165, 1.54) is 76.2 Å². The van der Waals surface area contributed by atoms with Crippen LogP contribution in [0.3, 0.4) is 0 Å². The summed E-state index contributed by atoms with van der Waals surface area (Å²) in [7, 11) is 0. The SMILES string of the molecule is c1ccc(-c2ccccc2-c2cccc(-c3nc(-n4c5ccc(-c6ccc7c(c6)c6ccccc6n7-c6ccccc6)cc5c5cc(-c6ccc7c(c6)c6ccccc6n7-c6ccccc6)ccc54)nc4ccc(-n5c6ccc(-c7ccc8c(c7)c7ccccc7n8-c7ccccc7)cc6c6cc(-c7ccc8c(c7)c7ccccc7n8-c7ccccc7)ccc65)cc34)c2)cc1. The van der Waals surface area contributed by atoms with Crippen LogP contribution in [-0.4, -0.2) is 37.4 Å². The van der Waals surface area contributed by atoms with Crippen LogP contribution in [0.25, 0.3) is 254 Å². The Morgan fingerprint density at radius 3 is 0.723 bits per heavy atom. The molecule has 0 aliphatic rings. The van der Waals surface area contributed by atoms with E-state index in [4.69, 9.17) is 9.97 Å². The molecule has 0 fully saturated rings. The summed E-state index contributed by atoms with van der Waals surface area (Å²) in [5.41, 5.74) is 35.2. The van der Waals surface area contributed by atoms with Gasteiger partial charge in [0.15, 0.2) is 0 Å². The summed E-state index contributed by atoms with van der Waals surface area (Å²) < 4.78 is 14.4. The molecule has 27 aromatic rings. The average Bonchev–Trinajstić information content (AvgIpc) is 1.58. The first kappa shape index (κ1) is 72.9. The highest BCUT2D eigenvalue weighted by atomic mass is 15.2. The van der Waals surface area contributed by atoms with Gasteiger partial charge in [-0.05, 0) is 261 Å². The van der Waals surface area contributed by atoms with Gasteiger partial charge >= 0.3 is 0 Å². The molecule has 0 amide bonds. The monoisotopic (exact) mass is 1650 g/mol. The van der Waals surface area contributed by atoms with Crippen LogP contribution < -0.4 is 0 Å². The van der Waals surface area contributed by atoms with Crippen LogP contribution in [0.1, 0.15) is 0 Å². The van der Waals surface area contributed by atoms with E-state index < -0.39 is 0 Å². The minimum Gasteiger partial charge on any atom is -0.309 e. The van der Waals surface area contributed by atoms with Crippen LogP contribution in [-0.2, 0) is 0 Å². The number of hydrogen-bond donors (Lipinski definition) is 0. The second-order valence-corrected chi connectivity index (χ2v) is 34.3. The van der Waals surface area contributed by atoms with Gasteiger partial charge in [-0.2, -0.15) is 0 Å². The average molecular weight is 1650 g/mol. The van der Waals surface area contributed by atoms with Crippen molar-refractivity contribution in [3.63, 3.8) is 0 Å². The fourth-order valence-corrected chi connectivity index (χ4v) is 21.3. The second kappa shape index (κ2) is 29.1. The third kappa shape index (κ3) is 11.4. The lowest BCUT2D eigenvalue weighted by Gasteiger charge is -2.16. The van der Waals surface area contributed by atoms with E-state index in [2.05, 4.69) is 488 Å². The summed E-state index contributed by atoms with van der Waals surface area (Å²) in [6, 6.07) is 170. The molecule has 20 aromatic carbocycles. The van der Waals surface area contributed by atoms with Crippen molar-refractivity contribution in [2.24, 2.45) is 0 Å². The largest absolute Gasteiger partial charge is 0.309 e. The van der Waals surface area contributed by atoms with E-state index in [9.17, 15) is 0 Å². The van der Waals surface area contributed by atoms with Gasteiger partial charge in [-0.25, -0.2) is 9.97 Å². The molecule has 0 atom stereocenters. The van der Waals surface area contributed by atoms with Gasteiger partial charge in [-0.15, -0.1) is 0 Å². The Kier molecular flexibility index (Phi) is 16.3. The molecule has 130 heavy (non-hydrogen) atoms. The van der Waals surface area contributed by atoms with Crippen LogP contribution in [0.4, 0.5) is 0 Å². The predicted molar refractivity (Wildman–Crippen MR) is 544 cm³/mol. The lowest BCUT2D eigenvalue weighted by Crippen LogP contribution is -2.04. The van der Waals surface area contributed by atoms with E-state index >= 15 is 0 Å². The van der Waals surface area contributed by atoms with E-state index in [0.29, 0.717) is 5.95 Å². The van der Waals surface area contributed by atoms with E-state index in [1.54, 1.807) is 0 Å². The minimum absolute atomic E-state index is 0.568. The highest BCUT2D eigenvalue weighted by molar-refractivity contribution is 6.18. The van der Waals surface area contributed by atoms with Gasteiger partial charge in [-0.3, -0.25) is 4.57 Å². The number of hydrogen-bond acceptors (Lipinski definition) is 2. The van der Waals surface area contributed by atoms with Crippen molar-refractivity contribution in [2.75, 3.05) is 0 Å². The predicted octanol–water partition coefficient (Wildman–Crippen LogP) is 31.9. The molecule has 8 heteroatoms. The van der Waals surface area contributed by atoms with E-state index in [1.807, 2.05) is 0 Å². The summed E-state index contributed by atoms with van der Waals surface area (Å²) in [6.07, 6.45) is 0. The maximum Gasteiger partial charge on any atom is 0.235 e. The first-order valence-electron chi connectivity index (χ1n) is 44.6. The molecule has 27 rings (SSSR count). The Labute approximate surface area is 747 Å². The maximum atomic E-state index is 6.06. The Balaban J connectivity index is 0.672. The number of fused-ring (bicyclic) bond motifs is 19. The molecule has 0 aliphatic carbocycles. The summed E-state index contributed by atoms with van der Waals surface area (Å²) in [5.74, 6) is 0.568. The molecule has 7 heterocycles. The van der Waals surface area contributed by atoms with Gasteiger partial charge in [-0.1, -0.05) is 267 Å². The first-order chi connectivity index (χ1) is 64.5. The minimum atomic E-state index is 0.568. The van der Waals surface area contributed by atoms with Crippen molar-refractivity contribution in [1.82, 2.24) is 37.4 Å². The highest BCUT2D eigenvalue weighted by Crippen LogP contribution is 2.47. The summed E-state index contributed by atoms with van der Waals surface area (Å²) >= 11 is 0. The maximum absolute atomic E-state index is 6.06. The highest BCUT2D eigenvalue weighted by Gasteiger charge is 2.26. The Morgan fingerprint density at radius 2 is 0.385 bits per heavy atom. The van der Waals surface area contributed by atoms with Crippen molar-refractivity contribution >= 4 is 142 Å². The number of rotatable bonds is 13. The van der Waals surface area contributed by atoms with Crippen molar-refractivity contribution in [3.8, 4) is 112 Å². The smallest absolute Gasteiger partial charge is 0.235 e. The molecule has 0 saturated carbocycles. The third-order valence-electron chi connectivity index (χ3n) is 27.2. The van der Waals surface area contributed by atoms with E-state index in [-0.39, 0.29) is 0 Å². The summed E-state index contributed by atoms with van der Waals surface area (Å²) in [6.45, 7) is 0. The lowest BCUT2D eigenvalue weighted by molar-refractivity contribution is 1.01. The molecule has 7 aromatic heterocycles. The number of benzene rings is 20. The molecular weight excluding hydrogens is 1580 g/mol. The van der Waals surface area contributed by atoms with Gasteiger partial charge in [0, 0.05) is 104 Å². The van der Waals surface area contributed by atoms with Crippen LogP contribution in [0.2, 0.25) is 0 Å². The zero-order valence-corrected chi connectivity index (χ0v) is 70.5. The third-order valence-corrected chi connectivity index (χ3v) is 27.2. The molecule has 604 valence electrons. The number of nitrogens with zero attached hydrogens (tertiary/aromatic N) is 8. The van der Waals surface area contributed by atoms with E-state index in [0.717, 1.165) is 172 Å². The van der Waals surface area contributed by atoms with Crippen LogP contribution in [0, 0.1) is 0 Å². The molecule has 0 bridgehead atoms. The van der Waals surface area contributed by atoms with Crippen molar-refractivity contribution in [3.05, 3.63) is 461 Å². The standard InChI is InChI=1S/C122H76N8/c1-6-27-77(28-7-1)93-39-16-17-40-94(93)86-29-26-30-87(67-86)121-107-76-92(129-117-63-53-82(78-49-59-113-99(68-78)95-41-18-22-45-109(95)125(113)88-31-8-2-9-32-88)72-103(117)104-73-83(54-64-118(104)129)79-50-60-114-100(69-79)96-42-19-23-46-110(96)126(114)89-33-10-3-11-34-89)57-58-108(107)123-122(124-121)130-119-65-55-84(80-51-61-115-101(70-80)97-43-20-24-47-111(97)127(115)90-35-12-4-13-36-90)74-105(119)106-75-85(56-66-120(106)130)81-52-62-116-102(71-81)98-44-21-25-48-112(98)128(116)91-37-14-5-15-38-91/h1-76H.